The number of nitrogens with one attached hydrogen (secondary N) is 1. The van der Waals surface area contributed by atoms with E-state index < -0.39 is 5.60 Å². The van der Waals surface area contributed by atoms with Crippen molar-refractivity contribution < 1.29 is 14.3 Å². The minimum Gasteiger partial charge on any atom is -0.380 e. The lowest BCUT2D eigenvalue weighted by Gasteiger charge is -2.24. The minimum absolute atomic E-state index is 0.0952. The molecule has 0 bridgehead atoms. The topological polar surface area (TPSA) is 65.5 Å². The highest BCUT2D eigenvalue weighted by Gasteiger charge is 2.33. The lowest BCUT2D eigenvalue weighted by molar-refractivity contribution is -0.139. The number of amides is 1. The number of rotatable bonds is 5. The Kier molecular flexibility index (Phi) is 4.77. The molecule has 0 saturated carbocycles. The largest absolute Gasteiger partial charge is 0.380 e. The Bertz CT molecular complexity index is 507. The molecule has 2 N–H and O–H groups in total. The highest BCUT2D eigenvalue weighted by Crippen LogP contribution is 2.21. The molecular formula is C15H22FN3O2. The number of pyridine rings is 1. The van der Waals surface area contributed by atoms with Crippen LogP contribution in [-0.4, -0.2) is 40.7 Å². The smallest absolute Gasteiger partial charge is 0.251 e. The Morgan fingerprint density at radius 2 is 2.43 bits per heavy atom. The molecule has 1 amide bonds. The summed E-state index contributed by atoms with van der Waals surface area (Å²) in [5.74, 6) is -0.408. The molecule has 1 aromatic heterocycles. The van der Waals surface area contributed by atoms with Crippen molar-refractivity contribution in [1.82, 2.24) is 10.3 Å². The maximum Gasteiger partial charge on any atom is 0.251 e. The van der Waals surface area contributed by atoms with E-state index in [9.17, 15) is 14.3 Å². The van der Waals surface area contributed by atoms with Crippen LogP contribution in [0.3, 0.4) is 0 Å². The highest BCUT2D eigenvalue weighted by molar-refractivity contribution is 5.84. The number of halogens is 1. The first kappa shape index (κ1) is 15.7. The zero-order valence-electron chi connectivity index (χ0n) is 12.5. The van der Waals surface area contributed by atoms with E-state index in [0.717, 1.165) is 6.42 Å². The second-order valence-corrected chi connectivity index (χ2v) is 5.74. The van der Waals surface area contributed by atoms with Crippen LogP contribution in [0, 0.1) is 5.82 Å². The second kappa shape index (κ2) is 6.39. The number of carbonyl (C=O) groups is 1. The Labute approximate surface area is 124 Å². The van der Waals surface area contributed by atoms with Crippen molar-refractivity contribution in [3.63, 3.8) is 0 Å². The van der Waals surface area contributed by atoms with Crippen LogP contribution < -0.4 is 10.2 Å². The molecular weight excluding hydrogens is 273 g/mol. The van der Waals surface area contributed by atoms with E-state index in [1.54, 1.807) is 12.3 Å². The average Bonchev–Trinajstić information content (AvgIpc) is 2.87. The molecule has 5 nitrogen and oxygen atoms in total. The maximum atomic E-state index is 13.7. The van der Waals surface area contributed by atoms with Gasteiger partial charge in [0.05, 0.1) is 0 Å². The van der Waals surface area contributed by atoms with Gasteiger partial charge in [0.2, 0.25) is 0 Å². The van der Waals surface area contributed by atoms with Crippen molar-refractivity contribution in [1.29, 1.82) is 0 Å². The first-order chi connectivity index (χ1) is 9.94. The summed E-state index contributed by atoms with van der Waals surface area (Å²) in [7, 11) is 0. The highest BCUT2D eigenvalue weighted by atomic mass is 19.1. The molecule has 2 atom stereocenters. The molecule has 1 fully saturated rings. The van der Waals surface area contributed by atoms with Crippen molar-refractivity contribution in [2.75, 3.05) is 18.0 Å². The number of carbonyl (C=O) groups excluding carboxylic acids is 1. The van der Waals surface area contributed by atoms with E-state index in [1.165, 1.54) is 13.0 Å². The first-order valence-electron chi connectivity index (χ1n) is 7.33. The third kappa shape index (κ3) is 3.69. The number of hydrogen-bond donors (Lipinski definition) is 2. The number of aromatic nitrogens is 1. The van der Waals surface area contributed by atoms with Crippen molar-refractivity contribution in [2.24, 2.45) is 0 Å². The summed E-state index contributed by atoms with van der Waals surface area (Å²) in [5, 5.41) is 12.9. The van der Waals surface area contributed by atoms with Gasteiger partial charge in [-0.25, -0.2) is 9.37 Å². The van der Waals surface area contributed by atoms with Gasteiger partial charge in [-0.2, -0.15) is 0 Å². The molecule has 2 heterocycles. The van der Waals surface area contributed by atoms with Crippen LogP contribution in [0.25, 0.3) is 0 Å². The predicted octanol–water partition coefficient (Wildman–Crippen LogP) is 1.47. The van der Waals surface area contributed by atoms with E-state index in [-0.39, 0.29) is 17.8 Å². The van der Waals surface area contributed by atoms with E-state index in [0.29, 0.717) is 31.7 Å². The van der Waals surface area contributed by atoms with Crippen LogP contribution in [0.4, 0.5) is 10.2 Å². The van der Waals surface area contributed by atoms with Crippen LogP contribution in [0.15, 0.2) is 18.3 Å². The van der Waals surface area contributed by atoms with Gasteiger partial charge in [-0.3, -0.25) is 4.79 Å². The molecule has 0 spiro atoms. The fourth-order valence-corrected chi connectivity index (χ4v) is 2.62. The molecule has 6 heteroatoms. The Hall–Kier alpha value is -1.69. The fraction of sp³-hybridized carbons (Fsp3) is 0.600. The van der Waals surface area contributed by atoms with Crippen LogP contribution in [0.2, 0.25) is 0 Å². The quantitative estimate of drug-likeness (QED) is 0.863. The average molecular weight is 295 g/mol. The number of hydrogen-bond acceptors (Lipinski definition) is 4. The molecule has 1 aliphatic heterocycles. The normalized spacial score (nSPS) is 21.1. The van der Waals surface area contributed by atoms with E-state index in [4.69, 9.17) is 0 Å². The van der Waals surface area contributed by atoms with Crippen molar-refractivity contribution in [2.45, 2.75) is 44.8 Å². The molecule has 2 rings (SSSR count). The van der Waals surface area contributed by atoms with Gasteiger partial charge in [-0.1, -0.05) is 13.3 Å². The Morgan fingerprint density at radius 3 is 3.10 bits per heavy atom. The molecule has 2 unspecified atom stereocenters. The minimum atomic E-state index is -1.35. The summed E-state index contributed by atoms with van der Waals surface area (Å²) < 4.78 is 13.7. The molecule has 1 aliphatic rings. The first-order valence-corrected chi connectivity index (χ1v) is 7.33. The summed E-state index contributed by atoms with van der Waals surface area (Å²) in [6, 6.07) is 2.83. The van der Waals surface area contributed by atoms with Gasteiger partial charge in [-0.15, -0.1) is 0 Å². The number of nitrogens with zero attached hydrogens (tertiary/aromatic N) is 2. The van der Waals surface area contributed by atoms with E-state index >= 15 is 0 Å². The zero-order chi connectivity index (χ0) is 15.5. The third-order valence-corrected chi connectivity index (χ3v) is 3.79. The van der Waals surface area contributed by atoms with Crippen LogP contribution >= 0.6 is 0 Å². The number of anilines is 1. The van der Waals surface area contributed by atoms with Gasteiger partial charge in [-0.05, 0) is 31.9 Å². The van der Waals surface area contributed by atoms with Crippen LogP contribution in [0.1, 0.15) is 33.1 Å². The summed E-state index contributed by atoms with van der Waals surface area (Å²) in [6.07, 6.45) is 3.42. The van der Waals surface area contributed by atoms with E-state index in [2.05, 4.69) is 10.3 Å². The fourth-order valence-electron chi connectivity index (χ4n) is 2.62. The van der Waals surface area contributed by atoms with Gasteiger partial charge in [0.25, 0.3) is 5.91 Å². The van der Waals surface area contributed by atoms with Gasteiger partial charge in [0.15, 0.2) is 11.6 Å². The monoisotopic (exact) mass is 295 g/mol. The number of aliphatic hydroxyl groups is 1. The molecule has 21 heavy (non-hydrogen) atoms. The van der Waals surface area contributed by atoms with Gasteiger partial charge >= 0.3 is 0 Å². The summed E-state index contributed by atoms with van der Waals surface area (Å²) in [4.78, 5) is 17.9. The van der Waals surface area contributed by atoms with Gasteiger partial charge < -0.3 is 15.3 Å². The van der Waals surface area contributed by atoms with Crippen molar-refractivity contribution in [3.05, 3.63) is 24.1 Å². The zero-order valence-corrected chi connectivity index (χ0v) is 12.5. The molecule has 0 aromatic carbocycles. The summed E-state index contributed by atoms with van der Waals surface area (Å²) >= 11 is 0. The lowest BCUT2D eigenvalue weighted by atomic mass is 9.99. The van der Waals surface area contributed by atoms with Crippen molar-refractivity contribution in [3.8, 4) is 0 Å². The maximum absolute atomic E-state index is 13.7. The predicted molar refractivity (Wildman–Crippen MR) is 78.5 cm³/mol. The standard InChI is InChI=1S/C15H22FN3O2/c1-3-7-15(2,21)14(20)18-11-6-9-19(10-11)13-12(16)5-4-8-17-13/h4-5,8,11,21H,3,6-7,9-10H2,1-2H3,(H,18,20). The van der Waals surface area contributed by atoms with Gasteiger partial charge in [0, 0.05) is 25.3 Å². The molecule has 1 aromatic rings. The molecule has 1 saturated heterocycles. The van der Waals surface area contributed by atoms with Crippen LogP contribution in [-0.2, 0) is 4.79 Å². The summed E-state index contributed by atoms with van der Waals surface area (Å²) in [6.45, 7) is 4.58. The lowest BCUT2D eigenvalue weighted by Crippen LogP contribution is -2.49. The molecule has 0 radical (unpaired) electrons. The van der Waals surface area contributed by atoms with Crippen LogP contribution in [0.5, 0.6) is 0 Å². The Morgan fingerprint density at radius 1 is 1.67 bits per heavy atom. The third-order valence-electron chi connectivity index (χ3n) is 3.79. The molecule has 0 aliphatic carbocycles. The van der Waals surface area contributed by atoms with Crippen molar-refractivity contribution >= 4 is 11.7 Å². The SMILES string of the molecule is CCCC(C)(O)C(=O)NC1CCN(c2ncccc2F)C1. The molecule has 116 valence electrons. The summed E-state index contributed by atoms with van der Waals surface area (Å²) in [5.41, 5.74) is -1.35. The second-order valence-electron chi connectivity index (χ2n) is 5.74. The van der Waals surface area contributed by atoms with E-state index in [1.807, 2.05) is 11.8 Å². The Balaban J connectivity index is 1.94. The van der Waals surface area contributed by atoms with Gasteiger partial charge in [0.1, 0.15) is 5.60 Å².